The summed E-state index contributed by atoms with van der Waals surface area (Å²) < 4.78 is 1.47. The van der Waals surface area contributed by atoms with Crippen LogP contribution in [0.3, 0.4) is 0 Å². The van der Waals surface area contributed by atoms with Gasteiger partial charge in [-0.1, -0.05) is 13.0 Å². The van der Waals surface area contributed by atoms with Gasteiger partial charge in [0.1, 0.15) is 6.04 Å². The van der Waals surface area contributed by atoms with E-state index in [1.165, 1.54) is 4.57 Å². The molecule has 19 heavy (non-hydrogen) atoms. The number of hydrogen-bond donors (Lipinski definition) is 2. The smallest absolute Gasteiger partial charge is 0.309 e. The van der Waals surface area contributed by atoms with Gasteiger partial charge in [0.05, 0.1) is 5.69 Å². The normalized spacial score (nSPS) is 26.2. The summed E-state index contributed by atoms with van der Waals surface area (Å²) in [6.07, 6.45) is 5.31. The largest absolute Gasteiger partial charge is 0.326 e. The minimum Gasteiger partial charge on any atom is -0.309 e. The van der Waals surface area contributed by atoms with Gasteiger partial charge >= 0.3 is 5.69 Å². The average molecular weight is 261 g/mol. The lowest BCUT2D eigenvalue weighted by atomic mass is 9.97. The van der Waals surface area contributed by atoms with E-state index >= 15 is 0 Å². The molecule has 2 atom stereocenters. The third-order valence-electron chi connectivity index (χ3n) is 3.68. The summed E-state index contributed by atoms with van der Waals surface area (Å²) in [5.74, 6) is -0.296. The maximum Gasteiger partial charge on any atom is 0.326 e. The van der Waals surface area contributed by atoms with Gasteiger partial charge in [0.2, 0.25) is 11.8 Å². The van der Waals surface area contributed by atoms with Crippen molar-refractivity contribution in [1.82, 2.24) is 14.9 Å². The molecule has 0 bridgehead atoms. The van der Waals surface area contributed by atoms with Crippen LogP contribution in [0.2, 0.25) is 0 Å². The molecule has 2 heterocycles. The number of fused-ring (bicyclic) bond motifs is 1. The van der Waals surface area contributed by atoms with Gasteiger partial charge in [-0.05, 0) is 24.8 Å². The second kappa shape index (κ2) is 4.22. The highest BCUT2D eigenvalue weighted by molar-refractivity contribution is 5.99. The van der Waals surface area contributed by atoms with Gasteiger partial charge < -0.3 is 4.98 Å². The number of rotatable bonds is 1. The standard InChI is InChI=1S/C13H15N3O3/c1-7-2-3-9-8(6-7)14-13(19)16(9)10-4-5-11(17)15-12(10)18/h2-3,7,10H,4-6H2,1H3,(H,14,19)(H,15,17,18). The Morgan fingerprint density at radius 1 is 1.32 bits per heavy atom. The molecule has 100 valence electrons. The maximum atomic E-state index is 12.0. The molecule has 6 heteroatoms. The number of allylic oxidation sites excluding steroid dienone is 1. The van der Waals surface area contributed by atoms with Gasteiger partial charge in [0.25, 0.3) is 0 Å². The Bertz CT molecular complexity index is 638. The van der Waals surface area contributed by atoms with Crippen molar-refractivity contribution in [3.63, 3.8) is 0 Å². The van der Waals surface area contributed by atoms with Gasteiger partial charge in [-0.15, -0.1) is 0 Å². The summed E-state index contributed by atoms with van der Waals surface area (Å²) in [4.78, 5) is 37.9. The van der Waals surface area contributed by atoms with E-state index in [1.807, 2.05) is 12.2 Å². The topological polar surface area (TPSA) is 84.0 Å². The van der Waals surface area contributed by atoms with Gasteiger partial charge in [-0.25, -0.2) is 4.79 Å². The van der Waals surface area contributed by atoms with Crippen LogP contribution in [0, 0.1) is 5.92 Å². The van der Waals surface area contributed by atoms with Crippen molar-refractivity contribution < 1.29 is 9.59 Å². The summed E-state index contributed by atoms with van der Waals surface area (Å²) in [6, 6.07) is -0.594. The highest BCUT2D eigenvalue weighted by Crippen LogP contribution is 2.25. The summed E-state index contributed by atoms with van der Waals surface area (Å²) in [5, 5.41) is 2.28. The fourth-order valence-corrected chi connectivity index (χ4v) is 2.73. The quantitative estimate of drug-likeness (QED) is 0.716. The molecule has 0 saturated carbocycles. The Balaban J connectivity index is 2.03. The molecule has 2 aliphatic rings. The first-order chi connectivity index (χ1) is 9.06. The second-order valence-corrected chi connectivity index (χ2v) is 5.17. The van der Waals surface area contributed by atoms with Crippen molar-refractivity contribution >= 4 is 17.9 Å². The van der Waals surface area contributed by atoms with Gasteiger partial charge in [-0.3, -0.25) is 19.5 Å². The number of nitrogens with zero attached hydrogens (tertiary/aromatic N) is 1. The summed E-state index contributed by atoms with van der Waals surface area (Å²) in [7, 11) is 0. The van der Waals surface area contributed by atoms with Gasteiger partial charge in [0, 0.05) is 12.1 Å². The molecule has 2 N–H and O–H groups in total. The SMILES string of the molecule is CC1C=Cc2c([nH]c(=O)n2C2CCC(=O)NC2=O)C1. The molecule has 1 fully saturated rings. The van der Waals surface area contributed by atoms with E-state index in [-0.39, 0.29) is 18.0 Å². The summed E-state index contributed by atoms with van der Waals surface area (Å²) in [6.45, 7) is 2.07. The first kappa shape index (κ1) is 12.0. The molecule has 0 spiro atoms. The number of H-pyrrole nitrogens is 1. The molecule has 2 unspecified atom stereocenters. The van der Waals surface area contributed by atoms with E-state index in [9.17, 15) is 14.4 Å². The second-order valence-electron chi connectivity index (χ2n) is 5.17. The number of nitrogens with one attached hydrogen (secondary N) is 2. The Hall–Kier alpha value is -2.11. The predicted molar refractivity (Wildman–Crippen MR) is 68.4 cm³/mol. The van der Waals surface area contributed by atoms with E-state index in [0.29, 0.717) is 12.3 Å². The third-order valence-corrected chi connectivity index (χ3v) is 3.68. The highest BCUT2D eigenvalue weighted by atomic mass is 16.2. The lowest BCUT2D eigenvalue weighted by Gasteiger charge is -2.23. The van der Waals surface area contributed by atoms with E-state index < -0.39 is 11.9 Å². The highest BCUT2D eigenvalue weighted by Gasteiger charge is 2.32. The number of imidazole rings is 1. The first-order valence-electron chi connectivity index (χ1n) is 6.41. The Labute approximate surface area is 109 Å². The van der Waals surface area contributed by atoms with Crippen LogP contribution in [-0.4, -0.2) is 21.4 Å². The van der Waals surface area contributed by atoms with Crippen LogP contribution in [0.25, 0.3) is 6.08 Å². The number of carbonyl (C=O) groups is 2. The summed E-state index contributed by atoms with van der Waals surface area (Å²) >= 11 is 0. The van der Waals surface area contributed by atoms with Crippen LogP contribution in [0.15, 0.2) is 10.9 Å². The number of aromatic amines is 1. The van der Waals surface area contributed by atoms with E-state index in [2.05, 4.69) is 17.2 Å². The minimum atomic E-state index is -0.594. The molecule has 1 aliphatic heterocycles. The Morgan fingerprint density at radius 2 is 2.11 bits per heavy atom. The van der Waals surface area contributed by atoms with Crippen molar-refractivity contribution in [3.05, 3.63) is 27.9 Å². The van der Waals surface area contributed by atoms with Crippen molar-refractivity contribution in [1.29, 1.82) is 0 Å². The predicted octanol–water partition coefficient (Wildman–Crippen LogP) is 0.359. The molecule has 1 aliphatic carbocycles. The Morgan fingerprint density at radius 3 is 2.84 bits per heavy atom. The number of piperidine rings is 1. The van der Waals surface area contributed by atoms with Crippen molar-refractivity contribution in [2.24, 2.45) is 5.92 Å². The number of amides is 2. The molecule has 3 rings (SSSR count). The van der Waals surface area contributed by atoms with E-state index in [1.54, 1.807) is 0 Å². The first-order valence-corrected chi connectivity index (χ1v) is 6.41. The summed E-state index contributed by atoms with van der Waals surface area (Å²) in [5.41, 5.74) is 1.35. The van der Waals surface area contributed by atoms with Crippen LogP contribution < -0.4 is 11.0 Å². The fourth-order valence-electron chi connectivity index (χ4n) is 2.73. The van der Waals surface area contributed by atoms with Gasteiger partial charge in [0.15, 0.2) is 0 Å². The molecule has 0 radical (unpaired) electrons. The molecule has 1 saturated heterocycles. The molecule has 1 aromatic rings. The molecule has 1 aromatic heterocycles. The zero-order valence-corrected chi connectivity index (χ0v) is 10.6. The fraction of sp³-hybridized carbons (Fsp3) is 0.462. The molecule has 6 nitrogen and oxygen atoms in total. The van der Waals surface area contributed by atoms with Crippen LogP contribution in [0.5, 0.6) is 0 Å². The van der Waals surface area contributed by atoms with E-state index in [0.717, 1.165) is 17.8 Å². The monoisotopic (exact) mass is 261 g/mol. The van der Waals surface area contributed by atoms with Crippen molar-refractivity contribution in [2.75, 3.05) is 0 Å². The lowest BCUT2D eigenvalue weighted by Crippen LogP contribution is -2.44. The van der Waals surface area contributed by atoms with Crippen molar-refractivity contribution in [3.8, 4) is 0 Å². The van der Waals surface area contributed by atoms with E-state index in [4.69, 9.17) is 0 Å². The molecular weight excluding hydrogens is 246 g/mol. The van der Waals surface area contributed by atoms with Gasteiger partial charge in [-0.2, -0.15) is 0 Å². The maximum absolute atomic E-state index is 12.0. The van der Waals surface area contributed by atoms with Crippen LogP contribution >= 0.6 is 0 Å². The molecular formula is C13H15N3O3. The number of hydrogen-bond acceptors (Lipinski definition) is 3. The number of carbonyl (C=O) groups excluding carboxylic acids is 2. The van der Waals surface area contributed by atoms with Crippen LogP contribution in [0.1, 0.15) is 37.2 Å². The molecule has 0 aromatic carbocycles. The zero-order chi connectivity index (χ0) is 13.6. The molecule has 2 amide bonds. The van der Waals surface area contributed by atoms with Crippen LogP contribution in [-0.2, 0) is 16.0 Å². The minimum absolute atomic E-state index is 0.267. The lowest BCUT2D eigenvalue weighted by molar-refractivity contribution is -0.135. The third kappa shape index (κ3) is 1.93. The van der Waals surface area contributed by atoms with Crippen LogP contribution in [0.4, 0.5) is 0 Å². The number of aromatic nitrogens is 2. The number of imide groups is 1. The average Bonchev–Trinajstić information content (AvgIpc) is 2.65. The zero-order valence-electron chi connectivity index (χ0n) is 10.6. The van der Waals surface area contributed by atoms with Crippen molar-refractivity contribution in [2.45, 2.75) is 32.2 Å². The Kier molecular flexibility index (Phi) is 2.66.